The number of ether oxygens (including phenoxy) is 1. The van der Waals surface area contributed by atoms with Crippen LogP contribution in [0.1, 0.15) is 0 Å². The van der Waals surface area contributed by atoms with Gasteiger partial charge in [-0.3, -0.25) is 14.5 Å². The molecule has 1 aromatic rings. The van der Waals surface area contributed by atoms with Crippen LogP contribution in [0.25, 0.3) is 0 Å². The highest BCUT2D eigenvalue weighted by Crippen LogP contribution is 2.25. The van der Waals surface area contributed by atoms with Gasteiger partial charge in [0.25, 0.3) is 0 Å². The summed E-state index contributed by atoms with van der Waals surface area (Å²) in [5.41, 5.74) is 0.0594. The predicted octanol–water partition coefficient (Wildman–Crippen LogP) is 0.297. The Hall–Kier alpha value is -2.11. The fourth-order valence-electron chi connectivity index (χ4n) is 1.60. The van der Waals surface area contributed by atoms with Gasteiger partial charge in [-0.05, 0) is 12.1 Å². The van der Waals surface area contributed by atoms with E-state index in [1.54, 1.807) is 0 Å². The Labute approximate surface area is 97.2 Å². The Kier molecular flexibility index (Phi) is 2.95. The molecule has 6 heteroatoms. The molecule has 0 radical (unpaired) electrons. The fraction of sp³-hybridized carbons (Fsp3) is 0.273. The largest absolute Gasteiger partial charge is 0.497 e. The minimum Gasteiger partial charge on any atom is -0.497 e. The van der Waals surface area contributed by atoms with Crippen LogP contribution in [0.2, 0.25) is 0 Å². The van der Waals surface area contributed by atoms with Gasteiger partial charge in [0.1, 0.15) is 18.1 Å². The molecule has 0 unspecified atom stereocenters. The number of carbonyl (C=O) groups is 2. The number of amides is 2. The molecular formula is C11H11FN2O3. The third-order valence-corrected chi connectivity index (χ3v) is 2.48. The normalized spacial score (nSPS) is 15.8. The van der Waals surface area contributed by atoms with E-state index >= 15 is 0 Å². The van der Waals surface area contributed by atoms with Crippen LogP contribution in [0.5, 0.6) is 5.75 Å². The molecule has 1 aliphatic heterocycles. The molecule has 1 N–H and O–H groups in total. The van der Waals surface area contributed by atoms with Crippen molar-refractivity contribution in [3.8, 4) is 5.75 Å². The Morgan fingerprint density at radius 2 is 2.18 bits per heavy atom. The summed E-state index contributed by atoms with van der Waals surface area (Å²) < 4.78 is 18.6. The van der Waals surface area contributed by atoms with E-state index in [9.17, 15) is 14.0 Å². The van der Waals surface area contributed by atoms with Gasteiger partial charge in [0, 0.05) is 6.07 Å². The van der Waals surface area contributed by atoms with E-state index in [1.165, 1.54) is 25.3 Å². The van der Waals surface area contributed by atoms with E-state index < -0.39 is 5.82 Å². The van der Waals surface area contributed by atoms with Gasteiger partial charge in [0.2, 0.25) is 11.8 Å². The van der Waals surface area contributed by atoms with Crippen LogP contribution in [0.15, 0.2) is 18.2 Å². The zero-order chi connectivity index (χ0) is 12.4. The zero-order valence-electron chi connectivity index (χ0n) is 9.20. The first-order valence-electron chi connectivity index (χ1n) is 5.02. The van der Waals surface area contributed by atoms with Crippen molar-refractivity contribution in [3.05, 3.63) is 24.0 Å². The smallest absolute Gasteiger partial charge is 0.246 e. The second-order valence-electron chi connectivity index (χ2n) is 3.57. The summed E-state index contributed by atoms with van der Waals surface area (Å²) >= 11 is 0. The van der Waals surface area contributed by atoms with Crippen LogP contribution in [-0.4, -0.2) is 32.0 Å². The molecule has 1 heterocycles. The van der Waals surface area contributed by atoms with Gasteiger partial charge in [-0.2, -0.15) is 0 Å². The number of rotatable bonds is 2. The van der Waals surface area contributed by atoms with Crippen LogP contribution in [-0.2, 0) is 9.59 Å². The lowest BCUT2D eigenvalue weighted by Gasteiger charge is -2.27. The van der Waals surface area contributed by atoms with E-state index in [4.69, 9.17) is 4.74 Å². The second-order valence-corrected chi connectivity index (χ2v) is 3.57. The topological polar surface area (TPSA) is 58.6 Å². The highest BCUT2D eigenvalue weighted by Gasteiger charge is 2.26. The van der Waals surface area contributed by atoms with Crippen molar-refractivity contribution < 1.29 is 18.7 Å². The van der Waals surface area contributed by atoms with Crippen molar-refractivity contribution in [2.75, 3.05) is 25.1 Å². The molecule has 5 nitrogen and oxygen atoms in total. The highest BCUT2D eigenvalue weighted by atomic mass is 19.1. The van der Waals surface area contributed by atoms with E-state index in [0.717, 1.165) is 4.90 Å². The Morgan fingerprint density at radius 1 is 1.41 bits per heavy atom. The summed E-state index contributed by atoms with van der Waals surface area (Å²) in [6, 6.07) is 4.05. The van der Waals surface area contributed by atoms with Crippen molar-refractivity contribution in [2.24, 2.45) is 0 Å². The number of hydrogen-bond donors (Lipinski definition) is 1. The molecular weight excluding hydrogens is 227 g/mol. The minimum atomic E-state index is -0.561. The summed E-state index contributed by atoms with van der Waals surface area (Å²) in [4.78, 5) is 23.9. The maximum absolute atomic E-state index is 13.6. The molecule has 0 aromatic heterocycles. The number of carbonyl (C=O) groups excluding carboxylic acids is 2. The maximum Gasteiger partial charge on any atom is 0.246 e. The third kappa shape index (κ3) is 2.20. The van der Waals surface area contributed by atoms with Crippen LogP contribution in [0, 0.1) is 5.82 Å². The highest BCUT2D eigenvalue weighted by molar-refractivity contribution is 6.04. The molecule has 0 atom stereocenters. The lowest BCUT2D eigenvalue weighted by molar-refractivity contribution is -0.128. The first-order valence-corrected chi connectivity index (χ1v) is 5.02. The third-order valence-electron chi connectivity index (χ3n) is 2.48. The lowest BCUT2D eigenvalue weighted by Crippen LogP contribution is -2.52. The van der Waals surface area contributed by atoms with Gasteiger partial charge in [-0.25, -0.2) is 4.39 Å². The van der Waals surface area contributed by atoms with Crippen LogP contribution in [0.3, 0.4) is 0 Å². The molecule has 0 bridgehead atoms. The Bertz CT molecular complexity index is 476. The molecule has 17 heavy (non-hydrogen) atoms. The number of anilines is 1. The first-order chi connectivity index (χ1) is 8.11. The Balaban J connectivity index is 2.37. The number of halogens is 1. The van der Waals surface area contributed by atoms with Gasteiger partial charge < -0.3 is 10.1 Å². The lowest BCUT2D eigenvalue weighted by atomic mass is 10.2. The van der Waals surface area contributed by atoms with Crippen LogP contribution >= 0.6 is 0 Å². The van der Waals surface area contributed by atoms with Gasteiger partial charge in [-0.15, -0.1) is 0 Å². The second kappa shape index (κ2) is 4.40. The summed E-state index contributed by atoms with van der Waals surface area (Å²) in [5.74, 6) is -0.794. The quantitative estimate of drug-likeness (QED) is 0.806. The van der Waals surface area contributed by atoms with Crippen molar-refractivity contribution in [1.29, 1.82) is 0 Å². The molecule has 1 fully saturated rings. The van der Waals surface area contributed by atoms with Gasteiger partial charge in [-0.1, -0.05) is 0 Å². The van der Waals surface area contributed by atoms with Crippen molar-refractivity contribution in [1.82, 2.24) is 5.32 Å². The van der Waals surface area contributed by atoms with Crippen LogP contribution < -0.4 is 15.0 Å². The predicted molar refractivity (Wildman–Crippen MR) is 58.3 cm³/mol. The van der Waals surface area contributed by atoms with E-state index in [1.807, 2.05) is 0 Å². The molecule has 0 spiro atoms. The minimum absolute atomic E-state index is 0.0594. The van der Waals surface area contributed by atoms with Crippen molar-refractivity contribution >= 4 is 17.5 Å². The summed E-state index contributed by atoms with van der Waals surface area (Å²) in [6.07, 6.45) is 0. The molecule has 1 saturated heterocycles. The number of methoxy groups -OCH3 is 1. The summed E-state index contributed by atoms with van der Waals surface area (Å²) in [6.45, 7) is -0.293. The standard InChI is InChI=1S/C11H11FN2O3/c1-17-7-2-3-8(12)9(4-7)14-6-10(15)13-5-11(14)16/h2-4H,5-6H2,1H3,(H,13,15). The molecule has 0 saturated carbocycles. The Morgan fingerprint density at radius 3 is 2.88 bits per heavy atom. The average Bonchev–Trinajstić information content (AvgIpc) is 2.33. The summed E-state index contributed by atoms with van der Waals surface area (Å²) in [5, 5.41) is 2.40. The van der Waals surface area contributed by atoms with Crippen molar-refractivity contribution in [3.63, 3.8) is 0 Å². The molecule has 1 aromatic carbocycles. The molecule has 2 amide bonds. The molecule has 0 aliphatic carbocycles. The van der Waals surface area contributed by atoms with Gasteiger partial charge >= 0.3 is 0 Å². The summed E-state index contributed by atoms with van der Waals surface area (Å²) in [7, 11) is 1.45. The fourth-order valence-corrected chi connectivity index (χ4v) is 1.60. The number of nitrogens with one attached hydrogen (secondary N) is 1. The number of hydrogen-bond acceptors (Lipinski definition) is 3. The van der Waals surface area contributed by atoms with E-state index in [-0.39, 0.29) is 30.6 Å². The van der Waals surface area contributed by atoms with E-state index in [0.29, 0.717) is 5.75 Å². The number of piperazine rings is 1. The maximum atomic E-state index is 13.6. The van der Waals surface area contributed by atoms with Crippen molar-refractivity contribution in [2.45, 2.75) is 0 Å². The molecule has 2 rings (SSSR count). The number of benzene rings is 1. The molecule has 1 aliphatic rings. The SMILES string of the molecule is COc1ccc(F)c(N2CC(=O)NCC2=O)c1. The first kappa shape index (κ1) is 11.4. The average molecular weight is 238 g/mol. The zero-order valence-corrected chi connectivity index (χ0v) is 9.20. The number of nitrogens with zero attached hydrogens (tertiary/aromatic N) is 1. The molecule has 90 valence electrons. The van der Waals surface area contributed by atoms with Crippen LogP contribution in [0.4, 0.5) is 10.1 Å². The van der Waals surface area contributed by atoms with Gasteiger partial charge in [0.05, 0.1) is 19.3 Å². The monoisotopic (exact) mass is 238 g/mol. The van der Waals surface area contributed by atoms with Gasteiger partial charge in [0.15, 0.2) is 0 Å². The van der Waals surface area contributed by atoms with E-state index in [2.05, 4.69) is 5.32 Å².